The van der Waals surface area contributed by atoms with Crippen LogP contribution in [0.4, 0.5) is 0 Å². The number of rotatable bonds is 3. The van der Waals surface area contributed by atoms with Crippen molar-refractivity contribution in [2.24, 2.45) is 0 Å². The average Bonchev–Trinajstić information content (AvgIpc) is 3.10. The molecule has 1 aromatic heterocycles. The second-order valence-corrected chi connectivity index (χ2v) is 6.34. The van der Waals surface area contributed by atoms with E-state index in [1.165, 1.54) is 42.8 Å². The molecule has 0 aromatic carbocycles. The summed E-state index contributed by atoms with van der Waals surface area (Å²) in [6.45, 7) is 1.13. The molecule has 0 spiro atoms. The molecule has 100 valence electrons. The number of hydrogen-bond donors (Lipinski definition) is 1. The molecule has 3 rings (SSSR count). The number of nitrogens with zero attached hydrogens (tertiary/aromatic N) is 1. The van der Waals surface area contributed by atoms with Crippen molar-refractivity contribution in [3.8, 4) is 0 Å². The van der Waals surface area contributed by atoms with Gasteiger partial charge in [0.25, 0.3) is 0 Å². The Morgan fingerprint density at radius 1 is 1.33 bits per heavy atom. The maximum atomic E-state index is 5.87. The van der Waals surface area contributed by atoms with Crippen LogP contribution in [0.1, 0.15) is 61.7 Å². The van der Waals surface area contributed by atoms with Crippen LogP contribution in [0.3, 0.4) is 0 Å². The smallest absolute Gasteiger partial charge is 0.125 e. The van der Waals surface area contributed by atoms with Crippen molar-refractivity contribution in [1.29, 1.82) is 0 Å². The van der Waals surface area contributed by atoms with Crippen LogP contribution in [-0.4, -0.2) is 18.6 Å². The second-order valence-electron chi connectivity index (χ2n) is 5.49. The molecule has 4 heteroatoms. The molecule has 1 saturated heterocycles. The summed E-state index contributed by atoms with van der Waals surface area (Å²) in [5.41, 5.74) is 1.15. The van der Waals surface area contributed by atoms with Crippen molar-refractivity contribution in [3.05, 3.63) is 16.1 Å². The Bertz CT molecular complexity index is 392. The lowest BCUT2D eigenvalue weighted by atomic mass is 9.85. The lowest BCUT2D eigenvalue weighted by Gasteiger charge is -2.34. The van der Waals surface area contributed by atoms with Crippen LogP contribution in [-0.2, 0) is 10.3 Å². The van der Waals surface area contributed by atoms with E-state index in [1.807, 2.05) is 7.11 Å². The Kier molecular flexibility index (Phi) is 3.68. The molecule has 0 bridgehead atoms. The molecule has 1 aliphatic carbocycles. The van der Waals surface area contributed by atoms with Gasteiger partial charge < -0.3 is 10.1 Å². The highest BCUT2D eigenvalue weighted by atomic mass is 32.1. The summed E-state index contributed by atoms with van der Waals surface area (Å²) in [6.07, 6.45) is 8.64. The average molecular weight is 266 g/mol. The van der Waals surface area contributed by atoms with Gasteiger partial charge in [-0.15, -0.1) is 11.3 Å². The molecule has 1 aromatic rings. The maximum absolute atomic E-state index is 5.87. The van der Waals surface area contributed by atoms with E-state index in [0.717, 1.165) is 19.4 Å². The number of thiazole rings is 1. The van der Waals surface area contributed by atoms with Crippen LogP contribution in [0, 0.1) is 0 Å². The van der Waals surface area contributed by atoms with Crippen molar-refractivity contribution in [2.45, 2.75) is 56.6 Å². The zero-order valence-corrected chi connectivity index (χ0v) is 11.9. The van der Waals surface area contributed by atoms with Gasteiger partial charge in [0, 0.05) is 12.5 Å². The molecule has 2 fully saturated rings. The lowest BCUT2D eigenvalue weighted by molar-refractivity contribution is -0.0447. The summed E-state index contributed by atoms with van der Waals surface area (Å²) in [5, 5.41) is 6.96. The topological polar surface area (TPSA) is 34.1 Å². The molecule has 2 aliphatic rings. The van der Waals surface area contributed by atoms with Crippen LogP contribution in [0.2, 0.25) is 0 Å². The van der Waals surface area contributed by atoms with Crippen LogP contribution >= 0.6 is 11.3 Å². The van der Waals surface area contributed by atoms with E-state index in [2.05, 4.69) is 10.7 Å². The second kappa shape index (κ2) is 5.27. The van der Waals surface area contributed by atoms with E-state index in [0.29, 0.717) is 6.04 Å². The van der Waals surface area contributed by atoms with Crippen molar-refractivity contribution < 1.29 is 4.74 Å². The highest BCUT2D eigenvalue weighted by Gasteiger charge is 2.37. The lowest BCUT2D eigenvalue weighted by Crippen LogP contribution is -2.31. The van der Waals surface area contributed by atoms with E-state index in [-0.39, 0.29) is 5.60 Å². The van der Waals surface area contributed by atoms with Gasteiger partial charge in [-0.3, -0.25) is 0 Å². The summed E-state index contributed by atoms with van der Waals surface area (Å²) in [5.74, 6) is 0. The van der Waals surface area contributed by atoms with Gasteiger partial charge in [-0.2, -0.15) is 0 Å². The van der Waals surface area contributed by atoms with Crippen molar-refractivity contribution >= 4 is 11.3 Å². The molecule has 0 unspecified atom stereocenters. The van der Waals surface area contributed by atoms with E-state index in [9.17, 15) is 0 Å². The Morgan fingerprint density at radius 2 is 2.17 bits per heavy atom. The summed E-state index contributed by atoms with van der Waals surface area (Å²) < 4.78 is 5.87. The first-order valence-corrected chi connectivity index (χ1v) is 7.96. The number of methoxy groups -OCH3 is 1. The zero-order chi connectivity index (χ0) is 12.4. The molecule has 1 aliphatic heterocycles. The van der Waals surface area contributed by atoms with E-state index >= 15 is 0 Å². The van der Waals surface area contributed by atoms with E-state index < -0.39 is 0 Å². The molecular formula is C14H22N2OS. The quantitative estimate of drug-likeness (QED) is 0.910. The van der Waals surface area contributed by atoms with Gasteiger partial charge in [0.05, 0.1) is 11.7 Å². The van der Waals surface area contributed by atoms with Gasteiger partial charge in [0.2, 0.25) is 0 Å². The molecule has 18 heavy (non-hydrogen) atoms. The summed E-state index contributed by atoms with van der Waals surface area (Å²) in [4.78, 5) is 4.89. The zero-order valence-electron chi connectivity index (χ0n) is 11.1. The standard InChI is InChI=1S/C14H22N2OS/c1-17-14(7-3-2-4-8-14)13-16-12(10-18-13)11-6-5-9-15-11/h10-11,15H,2-9H2,1H3/t11-/m0/s1. The highest BCUT2D eigenvalue weighted by Crippen LogP contribution is 2.42. The fourth-order valence-corrected chi connectivity index (χ4v) is 4.33. The number of hydrogen-bond acceptors (Lipinski definition) is 4. The number of aromatic nitrogens is 1. The summed E-state index contributed by atoms with van der Waals surface area (Å²) in [7, 11) is 1.85. The van der Waals surface area contributed by atoms with Gasteiger partial charge in [0.1, 0.15) is 10.6 Å². The van der Waals surface area contributed by atoms with Crippen molar-refractivity contribution in [2.75, 3.05) is 13.7 Å². The van der Waals surface area contributed by atoms with Crippen LogP contribution < -0.4 is 5.32 Å². The SMILES string of the molecule is COC1(c2nc([C@@H]3CCCN3)cs2)CCCCC1. The van der Waals surface area contributed by atoms with Gasteiger partial charge in [-0.1, -0.05) is 19.3 Å². The maximum Gasteiger partial charge on any atom is 0.125 e. The molecule has 1 N–H and O–H groups in total. The third-order valence-electron chi connectivity index (χ3n) is 4.38. The predicted octanol–water partition coefficient (Wildman–Crippen LogP) is 3.37. The molecule has 1 saturated carbocycles. The van der Waals surface area contributed by atoms with Crippen LogP contribution in [0.25, 0.3) is 0 Å². The van der Waals surface area contributed by atoms with Gasteiger partial charge in [-0.05, 0) is 32.2 Å². The highest BCUT2D eigenvalue weighted by molar-refractivity contribution is 7.09. The van der Waals surface area contributed by atoms with Crippen LogP contribution in [0.5, 0.6) is 0 Å². The minimum atomic E-state index is -0.0836. The fraction of sp³-hybridized carbons (Fsp3) is 0.786. The first-order valence-electron chi connectivity index (χ1n) is 7.08. The molecule has 2 heterocycles. The predicted molar refractivity (Wildman–Crippen MR) is 73.9 cm³/mol. The Hall–Kier alpha value is -0.450. The van der Waals surface area contributed by atoms with E-state index in [1.54, 1.807) is 11.3 Å². The normalized spacial score (nSPS) is 27.5. The first-order chi connectivity index (χ1) is 8.84. The molecular weight excluding hydrogens is 244 g/mol. The third-order valence-corrected chi connectivity index (χ3v) is 5.43. The van der Waals surface area contributed by atoms with Crippen molar-refractivity contribution in [1.82, 2.24) is 10.3 Å². The summed E-state index contributed by atoms with van der Waals surface area (Å²) >= 11 is 1.79. The molecule has 0 radical (unpaired) electrons. The monoisotopic (exact) mass is 266 g/mol. The van der Waals surface area contributed by atoms with Gasteiger partial charge in [0.15, 0.2) is 0 Å². The van der Waals surface area contributed by atoms with Crippen LogP contribution in [0.15, 0.2) is 5.38 Å². The Morgan fingerprint density at radius 3 is 2.83 bits per heavy atom. The Balaban J connectivity index is 1.82. The number of nitrogens with one attached hydrogen (secondary N) is 1. The van der Waals surface area contributed by atoms with Gasteiger partial charge >= 0.3 is 0 Å². The summed E-state index contributed by atoms with van der Waals surface area (Å²) in [6, 6.07) is 0.479. The third kappa shape index (κ3) is 2.22. The van der Waals surface area contributed by atoms with Gasteiger partial charge in [-0.25, -0.2) is 4.98 Å². The van der Waals surface area contributed by atoms with Crippen molar-refractivity contribution in [3.63, 3.8) is 0 Å². The molecule has 1 atom stereocenters. The largest absolute Gasteiger partial charge is 0.371 e. The fourth-order valence-electron chi connectivity index (χ4n) is 3.22. The molecule has 3 nitrogen and oxygen atoms in total. The minimum absolute atomic E-state index is 0.0836. The minimum Gasteiger partial charge on any atom is -0.371 e. The molecule has 0 amide bonds. The van der Waals surface area contributed by atoms with E-state index in [4.69, 9.17) is 9.72 Å². The Labute approximate surface area is 113 Å². The first kappa shape index (κ1) is 12.6. The number of ether oxygens (including phenoxy) is 1.